The Kier molecular flexibility index (Phi) is 4.98. The molecule has 5 nitrogen and oxygen atoms in total. The van der Waals surface area contributed by atoms with Gasteiger partial charge in [0.15, 0.2) is 16.3 Å². The van der Waals surface area contributed by atoms with Crippen LogP contribution < -0.4 is 14.3 Å². The highest BCUT2D eigenvalue weighted by Gasteiger charge is 2.18. The lowest BCUT2D eigenvalue weighted by molar-refractivity contribution is -0.118. The van der Waals surface area contributed by atoms with E-state index in [-0.39, 0.29) is 12.7 Å². The van der Waals surface area contributed by atoms with Crippen LogP contribution in [0.15, 0.2) is 17.1 Å². The number of rotatable bonds is 4. The van der Waals surface area contributed by atoms with Crippen LogP contribution in [0.3, 0.4) is 0 Å². The van der Waals surface area contributed by atoms with E-state index in [2.05, 4.69) is 10.9 Å². The third kappa shape index (κ3) is 3.49. The average molecular weight is 370 g/mol. The van der Waals surface area contributed by atoms with Crippen molar-refractivity contribution < 1.29 is 14.3 Å². The first-order chi connectivity index (χ1) is 12.7. The van der Waals surface area contributed by atoms with Crippen LogP contribution in [-0.4, -0.2) is 17.3 Å². The lowest BCUT2D eigenvalue weighted by atomic mass is 9.86. The van der Waals surface area contributed by atoms with Gasteiger partial charge in [-0.15, -0.1) is 6.42 Å². The molecule has 1 aromatic carbocycles. The van der Waals surface area contributed by atoms with Crippen LogP contribution in [0.1, 0.15) is 44.9 Å². The predicted octanol–water partition coefficient (Wildman–Crippen LogP) is 3.85. The molecule has 136 valence electrons. The fraction of sp³-hybridized carbons (Fsp3) is 0.500. The van der Waals surface area contributed by atoms with Gasteiger partial charge in [-0.25, -0.2) is 0 Å². The summed E-state index contributed by atoms with van der Waals surface area (Å²) in [5, 5.41) is 0. The van der Waals surface area contributed by atoms with Crippen LogP contribution in [0.5, 0.6) is 11.5 Å². The van der Waals surface area contributed by atoms with Crippen LogP contribution in [0.4, 0.5) is 0 Å². The molecular weight excluding hydrogens is 348 g/mol. The second-order valence-corrected chi connectivity index (χ2v) is 7.91. The quantitative estimate of drug-likeness (QED) is 0.768. The minimum Gasteiger partial charge on any atom is -0.454 e. The monoisotopic (exact) mass is 370 g/mol. The maximum absolute atomic E-state index is 12.4. The zero-order valence-electron chi connectivity index (χ0n) is 14.7. The molecule has 1 aliphatic carbocycles. The number of fused-ring (bicyclic) bond motifs is 2. The number of carbonyl (C=O) groups is 1. The Hall–Kier alpha value is -2.26. The normalized spacial score (nSPS) is 17.6. The summed E-state index contributed by atoms with van der Waals surface area (Å²) < 4.78 is 13.8. The topological polar surface area (TPSA) is 52.8 Å². The van der Waals surface area contributed by atoms with Gasteiger partial charge in [-0.1, -0.05) is 49.4 Å². The van der Waals surface area contributed by atoms with E-state index in [4.69, 9.17) is 15.9 Å². The van der Waals surface area contributed by atoms with Crippen LogP contribution in [0.25, 0.3) is 10.2 Å². The van der Waals surface area contributed by atoms with E-state index in [0.29, 0.717) is 29.4 Å². The summed E-state index contributed by atoms with van der Waals surface area (Å²) in [7, 11) is 0. The van der Waals surface area contributed by atoms with Gasteiger partial charge in [0, 0.05) is 18.6 Å². The summed E-state index contributed by atoms with van der Waals surface area (Å²) in [4.78, 5) is 17.4. The van der Waals surface area contributed by atoms with Crippen LogP contribution >= 0.6 is 11.3 Å². The molecule has 0 radical (unpaired) electrons. The van der Waals surface area contributed by atoms with Crippen molar-refractivity contribution in [3.63, 3.8) is 0 Å². The summed E-state index contributed by atoms with van der Waals surface area (Å²) in [6.45, 7) is 0.604. The van der Waals surface area contributed by atoms with E-state index in [1.807, 2.05) is 16.7 Å². The van der Waals surface area contributed by atoms with Crippen molar-refractivity contribution in [1.82, 2.24) is 4.57 Å². The summed E-state index contributed by atoms with van der Waals surface area (Å²) in [5.74, 6) is 4.70. The highest BCUT2D eigenvalue weighted by atomic mass is 32.1. The van der Waals surface area contributed by atoms with Crippen molar-refractivity contribution in [1.29, 1.82) is 0 Å². The first kappa shape index (κ1) is 17.2. The van der Waals surface area contributed by atoms with Crippen molar-refractivity contribution in [2.75, 3.05) is 6.79 Å². The van der Waals surface area contributed by atoms with Crippen molar-refractivity contribution >= 4 is 27.5 Å². The number of terminal acetylenes is 1. The van der Waals surface area contributed by atoms with Gasteiger partial charge in [0.05, 0.1) is 16.8 Å². The molecule has 0 N–H and O–H groups in total. The number of carbonyl (C=O) groups excluding carboxylic acids is 1. The van der Waals surface area contributed by atoms with E-state index in [0.717, 1.165) is 22.4 Å². The third-order valence-electron chi connectivity index (χ3n) is 5.14. The first-order valence-electron chi connectivity index (χ1n) is 9.18. The molecule has 26 heavy (non-hydrogen) atoms. The van der Waals surface area contributed by atoms with Crippen molar-refractivity contribution in [2.45, 2.75) is 51.5 Å². The Morgan fingerprint density at radius 3 is 2.81 bits per heavy atom. The molecule has 1 aromatic heterocycles. The number of aromatic nitrogens is 1. The molecule has 1 saturated carbocycles. The molecule has 1 amide bonds. The number of benzene rings is 1. The van der Waals surface area contributed by atoms with Gasteiger partial charge in [0.1, 0.15) is 0 Å². The van der Waals surface area contributed by atoms with Crippen LogP contribution in [0.2, 0.25) is 0 Å². The number of ether oxygens (including phenoxy) is 2. The molecule has 0 unspecified atom stereocenters. The number of hydrogen-bond acceptors (Lipinski definition) is 4. The third-order valence-corrected chi connectivity index (χ3v) is 6.18. The van der Waals surface area contributed by atoms with E-state index in [1.54, 1.807) is 0 Å². The standard InChI is InChI=1S/C20H22N2O3S/c1-2-10-22-15-11-16-17(25-13-24-16)12-18(15)26-20(22)21-19(23)9-8-14-6-4-3-5-7-14/h1,11-12,14H,3-10,13H2. The van der Waals surface area contributed by atoms with Gasteiger partial charge in [0.2, 0.25) is 12.7 Å². The lowest BCUT2D eigenvalue weighted by Gasteiger charge is -2.20. The smallest absolute Gasteiger partial charge is 0.248 e. The average Bonchev–Trinajstić information content (AvgIpc) is 3.24. The predicted molar refractivity (Wildman–Crippen MR) is 101 cm³/mol. The number of hydrogen-bond donors (Lipinski definition) is 0. The molecule has 6 heteroatoms. The summed E-state index contributed by atoms with van der Waals surface area (Å²) in [5.41, 5.74) is 0.927. The molecular formula is C20H22N2O3S. The fourth-order valence-corrected chi connectivity index (χ4v) is 4.81. The summed E-state index contributed by atoms with van der Waals surface area (Å²) >= 11 is 1.46. The molecule has 0 bridgehead atoms. The Morgan fingerprint density at radius 1 is 1.27 bits per heavy atom. The second-order valence-electron chi connectivity index (χ2n) is 6.90. The van der Waals surface area contributed by atoms with Crippen LogP contribution in [-0.2, 0) is 11.3 Å². The molecule has 2 aliphatic rings. The first-order valence-corrected chi connectivity index (χ1v) is 10.0. The van der Waals surface area contributed by atoms with Gasteiger partial charge in [-0.3, -0.25) is 4.79 Å². The molecule has 2 heterocycles. The zero-order valence-corrected chi connectivity index (χ0v) is 15.5. The van der Waals surface area contributed by atoms with Gasteiger partial charge in [0.25, 0.3) is 0 Å². The molecule has 1 aliphatic heterocycles. The maximum atomic E-state index is 12.4. The minimum absolute atomic E-state index is 0.0621. The lowest BCUT2D eigenvalue weighted by Crippen LogP contribution is -2.17. The van der Waals surface area contributed by atoms with Crippen molar-refractivity contribution in [3.05, 3.63) is 16.9 Å². The highest BCUT2D eigenvalue weighted by molar-refractivity contribution is 7.16. The largest absolute Gasteiger partial charge is 0.454 e. The Morgan fingerprint density at radius 2 is 2.04 bits per heavy atom. The Labute approximate surface area is 156 Å². The van der Waals surface area contributed by atoms with Crippen molar-refractivity contribution in [3.8, 4) is 23.8 Å². The molecule has 0 spiro atoms. The number of nitrogens with zero attached hydrogens (tertiary/aromatic N) is 2. The van der Waals surface area contributed by atoms with E-state index >= 15 is 0 Å². The maximum Gasteiger partial charge on any atom is 0.248 e. The van der Waals surface area contributed by atoms with E-state index in [1.165, 1.54) is 43.4 Å². The molecule has 4 rings (SSSR count). The van der Waals surface area contributed by atoms with E-state index in [9.17, 15) is 4.79 Å². The van der Waals surface area contributed by atoms with Gasteiger partial charge in [-0.05, 0) is 12.3 Å². The second kappa shape index (κ2) is 7.55. The molecule has 0 saturated heterocycles. The van der Waals surface area contributed by atoms with E-state index < -0.39 is 0 Å². The highest BCUT2D eigenvalue weighted by Crippen LogP contribution is 2.37. The summed E-state index contributed by atoms with van der Waals surface area (Å²) in [6, 6.07) is 3.85. The Bertz CT molecular complexity index is 929. The molecule has 2 aromatic rings. The van der Waals surface area contributed by atoms with Crippen LogP contribution in [0, 0.1) is 18.3 Å². The summed E-state index contributed by atoms with van der Waals surface area (Å²) in [6.07, 6.45) is 13.4. The Balaban J connectivity index is 1.60. The zero-order chi connectivity index (χ0) is 17.9. The minimum atomic E-state index is -0.0621. The fourth-order valence-electron chi connectivity index (χ4n) is 3.76. The number of thiazole rings is 1. The number of amides is 1. The van der Waals surface area contributed by atoms with Gasteiger partial charge in [-0.2, -0.15) is 4.99 Å². The van der Waals surface area contributed by atoms with Gasteiger partial charge < -0.3 is 14.0 Å². The van der Waals surface area contributed by atoms with Crippen molar-refractivity contribution in [2.24, 2.45) is 10.9 Å². The van der Waals surface area contributed by atoms with Gasteiger partial charge >= 0.3 is 0 Å². The SMILES string of the molecule is C#CCn1c(=NC(=O)CCC2CCCCC2)sc2cc3c(cc21)OCO3. The molecule has 1 fully saturated rings. The molecule has 0 atom stereocenters.